The number of nitrogens with two attached hydrogens (primary N) is 1. The molecular formula is C16H26N2O3. The third kappa shape index (κ3) is 6.04. The molecule has 0 aliphatic rings. The van der Waals surface area contributed by atoms with Gasteiger partial charge in [0.25, 0.3) is 5.91 Å². The minimum Gasteiger partial charge on any atom is -0.490 e. The minimum atomic E-state index is -0.278. The van der Waals surface area contributed by atoms with Gasteiger partial charge in [0, 0.05) is 5.54 Å². The first kappa shape index (κ1) is 17.3. The van der Waals surface area contributed by atoms with E-state index in [1.54, 1.807) is 0 Å². The monoisotopic (exact) mass is 294 g/mol. The Morgan fingerprint density at radius 1 is 1.29 bits per heavy atom. The van der Waals surface area contributed by atoms with Gasteiger partial charge < -0.3 is 20.5 Å². The first-order chi connectivity index (χ1) is 9.87. The van der Waals surface area contributed by atoms with Crippen molar-refractivity contribution in [2.75, 3.05) is 19.8 Å². The van der Waals surface area contributed by atoms with Gasteiger partial charge in [-0.3, -0.25) is 4.79 Å². The predicted octanol–water partition coefficient (Wildman–Crippen LogP) is 1.88. The third-order valence-electron chi connectivity index (χ3n) is 2.64. The Morgan fingerprint density at radius 3 is 2.57 bits per heavy atom. The topological polar surface area (TPSA) is 73.6 Å². The van der Waals surface area contributed by atoms with Crippen LogP contribution in [0.4, 0.5) is 0 Å². The van der Waals surface area contributed by atoms with Crippen LogP contribution < -0.4 is 20.5 Å². The van der Waals surface area contributed by atoms with E-state index in [9.17, 15) is 4.79 Å². The molecule has 1 amide bonds. The molecule has 5 heteroatoms. The van der Waals surface area contributed by atoms with Crippen LogP contribution in [0.5, 0.6) is 11.5 Å². The lowest BCUT2D eigenvalue weighted by atomic mass is 10.1. The highest BCUT2D eigenvalue weighted by Gasteiger charge is 2.16. The number of hydrogen-bond acceptors (Lipinski definition) is 4. The molecule has 0 atom stereocenters. The summed E-state index contributed by atoms with van der Waals surface area (Å²) in [6.45, 7) is 8.71. The van der Waals surface area contributed by atoms with Crippen LogP contribution in [0.3, 0.4) is 0 Å². The fourth-order valence-electron chi connectivity index (χ4n) is 1.94. The average molecular weight is 294 g/mol. The van der Waals surface area contributed by atoms with Crippen molar-refractivity contribution in [3.05, 3.63) is 23.8 Å². The molecule has 0 heterocycles. The Hall–Kier alpha value is -1.75. The molecule has 3 N–H and O–H groups in total. The van der Waals surface area contributed by atoms with Crippen LogP contribution in [0.15, 0.2) is 18.2 Å². The number of rotatable bonds is 7. The molecule has 1 aromatic rings. The van der Waals surface area contributed by atoms with Gasteiger partial charge in [-0.2, -0.15) is 0 Å². The molecule has 0 aliphatic heterocycles. The number of amides is 1. The van der Waals surface area contributed by atoms with Crippen LogP contribution in [0.1, 0.15) is 33.3 Å². The van der Waals surface area contributed by atoms with E-state index in [1.807, 2.05) is 45.9 Å². The van der Waals surface area contributed by atoms with Crippen molar-refractivity contribution in [1.29, 1.82) is 0 Å². The fourth-order valence-corrected chi connectivity index (χ4v) is 1.94. The Labute approximate surface area is 126 Å². The zero-order chi connectivity index (χ0) is 15.9. The Bertz CT molecular complexity index is 443. The quantitative estimate of drug-likeness (QED) is 0.805. The van der Waals surface area contributed by atoms with E-state index in [2.05, 4.69) is 5.32 Å². The number of nitrogens with one attached hydrogen (secondary N) is 1. The molecule has 0 aromatic heterocycles. The number of carbonyl (C=O) groups is 1. The summed E-state index contributed by atoms with van der Waals surface area (Å²) in [5, 5.41) is 2.86. The highest BCUT2D eigenvalue weighted by Crippen LogP contribution is 2.31. The second-order valence-electron chi connectivity index (χ2n) is 5.80. The summed E-state index contributed by atoms with van der Waals surface area (Å²) in [4.78, 5) is 11.9. The summed E-state index contributed by atoms with van der Waals surface area (Å²) in [5.41, 5.74) is 6.29. The molecule has 0 fully saturated rings. The van der Waals surface area contributed by atoms with Crippen molar-refractivity contribution >= 4 is 5.91 Å². The summed E-state index contributed by atoms with van der Waals surface area (Å²) in [7, 11) is 0. The number of para-hydroxylation sites is 1. The molecule has 0 spiro atoms. The number of carbonyl (C=O) groups excluding carboxylic acids is 1. The lowest BCUT2D eigenvalue weighted by molar-refractivity contribution is -0.124. The molecule has 0 saturated carbocycles. The molecule has 0 bridgehead atoms. The van der Waals surface area contributed by atoms with Gasteiger partial charge in [0.2, 0.25) is 0 Å². The van der Waals surface area contributed by atoms with Gasteiger partial charge >= 0.3 is 0 Å². The summed E-state index contributed by atoms with van der Waals surface area (Å²) in [6, 6.07) is 5.67. The normalized spacial score (nSPS) is 11.1. The van der Waals surface area contributed by atoms with E-state index in [4.69, 9.17) is 15.2 Å². The number of hydrogen-bond donors (Lipinski definition) is 2. The summed E-state index contributed by atoms with van der Waals surface area (Å²) in [6.07, 6.45) is 0.678. The minimum absolute atomic E-state index is 0.0427. The van der Waals surface area contributed by atoms with Crippen molar-refractivity contribution in [3.63, 3.8) is 0 Å². The predicted molar refractivity (Wildman–Crippen MR) is 83.8 cm³/mol. The molecular weight excluding hydrogens is 268 g/mol. The molecule has 1 aromatic carbocycles. The molecule has 0 aliphatic carbocycles. The van der Waals surface area contributed by atoms with E-state index < -0.39 is 0 Å². The van der Waals surface area contributed by atoms with Crippen molar-refractivity contribution in [3.8, 4) is 11.5 Å². The summed E-state index contributed by atoms with van der Waals surface area (Å²) in [5.74, 6) is 1.09. The Morgan fingerprint density at radius 2 is 2.00 bits per heavy atom. The standard InChI is InChI=1S/C16H26N2O3/c1-5-20-13-8-6-7-12(9-10-17)15(13)21-11-14(19)18-16(2,3)4/h6-8H,5,9-11,17H2,1-4H3,(H,18,19). The van der Waals surface area contributed by atoms with Gasteiger partial charge in [-0.25, -0.2) is 0 Å². The SMILES string of the molecule is CCOc1cccc(CCN)c1OCC(=O)NC(C)(C)C. The average Bonchev–Trinajstić information content (AvgIpc) is 2.36. The molecule has 0 radical (unpaired) electrons. The smallest absolute Gasteiger partial charge is 0.258 e. The van der Waals surface area contributed by atoms with Gasteiger partial charge in [-0.15, -0.1) is 0 Å². The van der Waals surface area contributed by atoms with Gasteiger partial charge in [0.05, 0.1) is 6.61 Å². The van der Waals surface area contributed by atoms with Gasteiger partial charge in [0.1, 0.15) is 0 Å². The summed E-state index contributed by atoms with van der Waals surface area (Å²) < 4.78 is 11.2. The van der Waals surface area contributed by atoms with Crippen LogP contribution in [-0.2, 0) is 11.2 Å². The highest BCUT2D eigenvalue weighted by atomic mass is 16.5. The maximum atomic E-state index is 11.9. The van der Waals surface area contributed by atoms with E-state index in [1.165, 1.54) is 0 Å². The van der Waals surface area contributed by atoms with Crippen LogP contribution >= 0.6 is 0 Å². The van der Waals surface area contributed by atoms with Crippen molar-refractivity contribution in [1.82, 2.24) is 5.32 Å². The van der Waals surface area contributed by atoms with Crippen LogP contribution in [0, 0.1) is 0 Å². The Balaban J connectivity index is 2.82. The number of ether oxygens (including phenoxy) is 2. The van der Waals surface area contributed by atoms with Gasteiger partial charge in [0.15, 0.2) is 18.1 Å². The van der Waals surface area contributed by atoms with E-state index in [0.717, 1.165) is 5.56 Å². The molecule has 21 heavy (non-hydrogen) atoms. The van der Waals surface area contributed by atoms with Gasteiger partial charge in [-0.1, -0.05) is 12.1 Å². The maximum absolute atomic E-state index is 11.9. The van der Waals surface area contributed by atoms with Gasteiger partial charge in [-0.05, 0) is 52.3 Å². The fraction of sp³-hybridized carbons (Fsp3) is 0.562. The third-order valence-corrected chi connectivity index (χ3v) is 2.64. The zero-order valence-electron chi connectivity index (χ0n) is 13.4. The molecule has 5 nitrogen and oxygen atoms in total. The van der Waals surface area contributed by atoms with E-state index in [-0.39, 0.29) is 18.1 Å². The first-order valence-corrected chi connectivity index (χ1v) is 7.26. The number of benzene rings is 1. The first-order valence-electron chi connectivity index (χ1n) is 7.26. The van der Waals surface area contributed by atoms with Crippen LogP contribution in [-0.4, -0.2) is 31.2 Å². The van der Waals surface area contributed by atoms with Crippen molar-refractivity contribution in [2.45, 2.75) is 39.7 Å². The maximum Gasteiger partial charge on any atom is 0.258 e. The lowest BCUT2D eigenvalue weighted by Crippen LogP contribution is -2.43. The second-order valence-corrected chi connectivity index (χ2v) is 5.80. The highest BCUT2D eigenvalue weighted by molar-refractivity contribution is 5.78. The van der Waals surface area contributed by atoms with E-state index in [0.29, 0.717) is 31.1 Å². The van der Waals surface area contributed by atoms with E-state index >= 15 is 0 Å². The van der Waals surface area contributed by atoms with Crippen LogP contribution in [0.2, 0.25) is 0 Å². The molecule has 0 saturated heterocycles. The molecule has 118 valence electrons. The largest absolute Gasteiger partial charge is 0.490 e. The molecule has 1 rings (SSSR count). The van der Waals surface area contributed by atoms with Crippen molar-refractivity contribution in [2.24, 2.45) is 5.73 Å². The molecule has 0 unspecified atom stereocenters. The van der Waals surface area contributed by atoms with Crippen molar-refractivity contribution < 1.29 is 14.3 Å². The zero-order valence-corrected chi connectivity index (χ0v) is 13.4. The lowest BCUT2D eigenvalue weighted by Gasteiger charge is -2.21. The van der Waals surface area contributed by atoms with Crippen LogP contribution in [0.25, 0.3) is 0 Å². The summed E-state index contributed by atoms with van der Waals surface area (Å²) >= 11 is 0. The second kappa shape index (κ2) is 7.88. The Kier molecular flexibility index (Phi) is 6.49.